The maximum absolute atomic E-state index is 14.1. The summed E-state index contributed by atoms with van der Waals surface area (Å²) >= 11 is 0. The fourth-order valence-corrected chi connectivity index (χ4v) is 4.16. The molecule has 6 heteroatoms. The molecule has 0 spiro atoms. The molecule has 1 aromatic heterocycles. The first-order valence-corrected chi connectivity index (χ1v) is 9.67. The van der Waals surface area contributed by atoms with E-state index in [0.717, 1.165) is 48.0 Å². The van der Waals surface area contributed by atoms with Gasteiger partial charge in [-0.2, -0.15) is 0 Å². The van der Waals surface area contributed by atoms with Crippen LogP contribution in [-0.4, -0.2) is 31.0 Å². The Morgan fingerprint density at radius 2 is 2.00 bits per heavy atom. The summed E-state index contributed by atoms with van der Waals surface area (Å²) in [5.41, 5.74) is 10.5. The lowest BCUT2D eigenvalue weighted by molar-refractivity contribution is 0.100. The highest BCUT2D eigenvalue weighted by Gasteiger charge is 2.21. The molecular formula is C22H25FN4O. The highest BCUT2D eigenvalue weighted by molar-refractivity contribution is 6.07. The Morgan fingerprint density at radius 3 is 2.71 bits per heavy atom. The number of H-pyrrole nitrogens is 1. The first kappa shape index (κ1) is 18.7. The zero-order valence-corrected chi connectivity index (χ0v) is 15.9. The number of aromatic amines is 1. The van der Waals surface area contributed by atoms with Crippen molar-refractivity contribution in [1.29, 1.82) is 0 Å². The van der Waals surface area contributed by atoms with Crippen molar-refractivity contribution in [3.8, 4) is 11.1 Å². The van der Waals surface area contributed by atoms with Crippen LogP contribution in [0.25, 0.3) is 22.0 Å². The van der Waals surface area contributed by atoms with Crippen LogP contribution in [0.2, 0.25) is 0 Å². The Hall–Kier alpha value is -2.70. The maximum Gasteiger partial charge on any atom is 0.250 e. The van der Waals surface area contributed by atoms with E-state index in [1.165, 1.54) is 11.6 Å². The number of aromatic nitrogens is 1. The molecule has 1 aliphatic rings. The fourth-order valence-electron chi connectivity index (χ4n) is 4.16. The molecule has 0 atom stereocenters. The highest BCUT2D eigenvalue weighted by Crippen LogP contribution is 2.36. The van der Waals surface area contributed by atoms with Gasteiger partial charge in [-0.25, -0.2) is 4.39 Å². The Labute approximate surface area is 163 Å². The molecule has 5 N–H and O–H groups in total. The van der Waals surface area contributed by atoms with Crippen molar-refractivity contribution < 1.29 is 9.18 Å². The Kier molecular flexibility index (Phi) is 5.15. The molecule has 0 bridgehead atoms. The predicted molar refractivity (Wildman–Crippen MR) is 110 cm³/mol. The van der Waals surface area contributed by atoms with Crippen LogP contribution in [0.5, 0.6) is 0 Å². The van der Waals surface area contributed by atoms with Crippen molar-refractivity contribution in [3.05, 3.63) is 59.0 Å². The normalized spacial score (nSPS) is 15.2. The monoisotopic (exact) mass is 380 g/mol. The first-order chi connectivity index (χ1) is 13.6. The lowest BCUT2D eigenvalue weighted by Gasteiger charge is -2.22. The second-order valence-electron chi connectivity index (χ2n) is 7.42. The molecule has 1 aliphatic heterocycles. The lowest BCUT2D eigenvalue weighted by atomic mass is 9.88. The average molecular weight is 380 g/mol. The fraction of sp³-hybridized carbons (Fsp3) is 0.318. The second-order valence-corrected chi connectivity index (χ2v) is 7.42. The van der Waals surface area contributed by atoms with Crippen molar-refractivity contribution >= 4 is 16.8 Å². The number of nitrogens with one attached hydrogen (secondary N) is 3. The molecule has 1 amide bonds. The van der Waals surface area contributed by atoms with Gasteiger partial charge in [0.05, 0.1) is 11.1 Å². The summed E-state index contributed by atoms with van der Waals surface area (Å²) in [4.78, 5) is 15.4. The van der Waals surface area contributed by atoms with E-state index in [2.05, 4.69) is 21.7 Å². The molecule has 28 heavy (non-hydrogen) atoms. The average Bonchev–Trinajstić information content (AvgIpc) is 3.13. The van der Waals surface area contributed by atoms with E-state index in [1.54, 1.807) is 19.2 Å². The van der Waals surface area contributed by atoms with E-state index >= 15 is 0 Å². The van der Waals surface area contributed by atoms with Crippen LogP contribution in [0.1, 0.15) is 40.2 Å². The van der Waals surface area contributed by atoms with Crippen LogP contribution < -0.4 is 16.4 Å². The number of carbonyl (C=O) groups excluding carboxylic acids is 1. The third-order valence-electron chi connectivity index (χ3n) is 5.61. The molecular weight excluding hydrogens is 355 g/mol. The Morgan fingerprint density at radius 1 is 1.21 bits per heavy atom. The summed E-state index contributed by atoms with van der Waals surface area (Å²) in [7, 11) is 1.79. The van der Waals surface area contributed by atoms with E-state index in [-0.39, 0.29) is 5.82 Å². The van der Waals surface area contributed by atoms with E-state index in [0.29, 0.717) is 23.6 Å². The number of hydrogen-bond acceptors (Lipinski definition) is 3. The van der Waals surface area contributed by atoms with Gasteiger partial charge in [0.15, 0.2) is 0 Å². The van der Waals surface area contributed by atoms with Gasteiger partial charge in [-0.1, -0.05) is 6.07 Å². The minimum atomic E-state index is -0.469. The summed E-state index contributed by atoms with van der Waals surface area (Å²) < 4.78 is 14.1. The lowest BCUT2D eigenvalue weighted by Crippen LogP contribution is -2.26. The van der Waals surface area contributed by atoms with Gasteiger partial charge in [0.25, 0.3) is 5.91 Å². The molecule has 4 rings (SSSR count). The third-order valence-corrected chi connectivity index (χ3v) is 5.61. The summed E-state index contributed by atoms with van der Waals surface area (Å²) in [5.74, 6) is -0.270. The molecule has 0 aliphatic carbocycles. The van der Waals surface area contributed by atoms with Gasteiger partial charge in [0.2, 0.25) is 0 Å². The topological polar surface area (TPSA) is 82.9 Å². The number of hydrogen-bond donors (Lipinski definition) is 4. The minimum absolute atomic E-state index is 0.244. The van der Waals surface area contributed by atoms with Crippen molar-refractivity contribution in [2.75, 3.05) is 20.1 Å². The highest BCUT2D eigenvalue weighted by atomic mass is 19.1. The standard InChI is InChI=1S/C22H25FN4O/c1-25-11-16-8-14(2-3-20(16)23)15-9-17-19(13-4-6-26-7-5-13)12-27-21(17)18(10-15)22(24)28/h2-3,8-10,12-13,25-27H,4-7,11H2,1H3,(H2,24,28). The number of benzene rings is 2. The summed E-state index contributed by atoms with van der Waals surface area (Å²) in [5, 5.41) is 7.40. The van der Waals surface area contributed by atoms with Gasteiger partial charge in [0, 0.05) is 23.7 Å². The molecule has 0 unspecified atom stereocenters. The second kappa shape index (κ2) is 7.73. The van der Waals surface area contributed by atoms with Crippen LogP contribution in [0.3, 0.4) is 0 Å². The quantitative estimate of drug-likeness (QED) is 0.548. The molecule has 5 nitrogen and oxygen atoms in total. The number of primary amides is 1. The summed E-state index contributed by atoms with van der Waals surface area (Å²) in [6.07, 6.45) is 4.13. The molecule has 1 fully saturated rings. The van der Waals surface area contributed by atoms with Crippen LogP contribution in [-0.2, 0) is 6.54 Å². The SMILES string of the molecule is CNCc1cc(-c2cc(C(N)=O)c3[nH]cc(C4CCNCC4)c3c2)ccc1F. The van der Waals surface area contributed by atoms with Gasteiger partial charge in [0.1, 0.15) is 5.82 Å². The van der Waals surface area contributed by atoms with Gasteiger partial charge in [-0.05, 0) is 79.9 Å². The number of nitrogens with two attached hydrogens (primary N) is 1. The Balaban J connectivity index is 1.87. The van der Waals surface area contributed by atoms with Crippen LogP contribution in [0.4, 0.5) is 4.39 Å². The zero-order valence-electron chi connectivity index (χ0n) is 15.9. The van der Waals surface area contributed by atoms with Crippen LogP contribution in [0.15, 0.2) is 36.5 Å². The van der Waals surface area contributed by atoms with Crippen LogP contribution in [0, 0.1) is 5.82 Å². The minimum Gasteiger partial charge on any atom is -0.366 e. The predicted octanol–water partition coefficient (Wildman–Crippen LogP) is 3.26. The first-order valence-electron chi connectivity index (χ1n) is 9.67. The van der Waals surface area contributed by atoms with Crippen molar-refractivity contribution in [3.63, 3.8) is 0 Å². The Bertz CT molecular complexity index is 1020. The van der Waals surface area contributed by atoms with Crippen molar-refractivity contribution in [2.24, 2.45) is 5.73 Å². The number of fused-ring (bicyclic) bond motifs is 1. The molecule has 2 aromatic carbocycles. The maximum atomic E-state index is 14.1. The number of carbonyl (C=O) groups is 1. The van der Waals surface area contributed by atoms with Gasteiger partial charge < -0.3 is 21.4 Å². The van der Waals surface area contributed by atoms with E-state index in [4.69, 9.17) is 5.73 Å². The molecule has 3 aromatic rings. The van der Waals surface area contributed by atoms with E-state index in [9.17, 15) is 9.18 Å². The molecule has 0 saturated carbocycles. The molecule has 1 saturated heterocycles. The third kappa shape index (κ3) is 3.41. The number of halogens is 1. The van der Waals surface area contributed by atoms with Gasteiger partial charge in [-0.15, -0.1) is 0 Å². The summed E-state index contributed by atoms with van der Waals surface area (Å²) in [6, 6.07) is 8.93. The smallest absolute Gasteiger partial charge is 0.250 e. The van der Waals surface area contributed by atoms with E-state index < -0.39 is 5.91 Å². The molecule has 2 heterocycles. The zero-order chi connectivity index (χ0) is 19.7. The van der Waals surface area contributed by atoms with Gasteiger partial charge in [-0.3, -0.25) is 4.79 Å². The molecule has 146 valence electrons. The van der Waals surface area contributed by atoms with Crippen LogP contribution >= 0.6 is 0 Å². The summed E-state index contributed by atoms with van der Waals surface area (Å²) in [6.45, 7) is 2.42. The van der Waals surface area contributed by atoms with Gasteiger partial charge >= 0.3 is 0 Å². The largest absolute Gasteiger partial charge is 0.366 e. The van der Waals surface area contributed by atoms with E-state index in [1.807, 2.05) is 12.3 Å². The number of amides is 1. The van der Waals surface area contributed by atoms with Crippen molar-refractivity contribution in [2.45, 2.75) is 25.3 Å². The molecule has 0 radical (unpaired) electrons. The number of rotatable bonds is 5. The van der Waals surface area contributed by atoms with Crippen molar-refractivity contribution in [1.82, 2.24) is 15.6 Å². The number of piperidine rings is 1.